The molecule has 1 aromatic heterocycles. The average molecular weight is 339 g/mol. The molecule has 2 unspecified atom stereocenters. The number of sulfonamides is 1. The Morgan fingerprint density at radius 1 is 1.59 bits per heavy atom. The van der Waals surface area contributed by atoms with E-state index in [4.69, 9.17) is 0 Å². The second-order valence-electron chi connectivity index (χ2n) is 4.25. The molecule has 0 radical (unpaired) electrons. The highest BCUT2D eigenvalue weighted by atomic mass is 79.9. The normalized spacial score (nSPS) is 26.0. The van der Waals surface area contributed by atoms with Crippen LogP contribution in [0.2, 0.25) is 0 Å². The van der Waals surface area contributed by atoms with Crippen molar-refractivity contribution in [2.24, 2.45) is 5.92 Å². The van der Waals surface area contributed by atoms with Crippen molar-refractivity contribution in [1.82, 2.24) is 10.0 Å². The van der Waals surface area contributed by atoms with E-state index in [9.17, 15) is 8.42 Å². The molecule has 1 fully saturated rings. The fourth-order valence-electron chi connectivity index (χ4n) is 1.87. The molecule has 2 heterocycles. The Balaban J connectivity index is 2.15. The van der Waals surface area contributed by atoms with Crippen LogP contribution in [-0.2, 0) is 10.0 Å². The minimum absolute atomic E-state index is 0.0252. The molecule has 0 spiro atoms. The van der Waals surface area contributed by atoms with E-state index in [1.54, 1.807) is 11.4 Å². The Morgan fingerprint density at radius 2 is 2.35 bits per heavy atom. The third kappa shape index (κ3) is 3.08. The summed E-state index contributed by atoms with van der Waals surface area (Å²) in [5.74, 6) is 0.366. The SMILES string of the molecule is CC1CCNCC1NS(=O)(=O)c1sccc1Br. The van der Waals surface area contributed by atoms with Crippen LogP contribution in [0.3, 0.4) is 0 Å². The minimum atomic E-state index is -3.40. The molecule has 96 valence electrons. The smallest absolute Gasteiger partial charge is 0.251 e. The Kier molecular flexibility index (Phi) is 4.25. The molecule has 1 saturated heterocycles. The predicted octanol–water partition coefficient (Wildman–Crippen LogP) is 1.79. The van der Waals surface area contributed by atoms with Crippen molar-refractivity contribution < 1.29 is 8.42 Å². The van der Waals surface area contributed by atoms with Gasteiger partial charge in [0.2, 0.25) is 0 Å². The average Bonchev–Trinajstić information content (AvgIpc) is 2.68. The summed E-state index contributed by atoms with van der Waals surface area (Å²) in [4.78, 5) is 0. The van der Waals surface area contributed by atoms with Gasteiger partial charge in [-0.05, 0) is 46.3 Å². The number of rotatable bonds is 3. The van der Waals surface area contributed by atoms with Gasteiger partial charge >= 0.3 is 0 Å². The fraction of sp³-hybridized carbons (Fsp3) is 0.600. The first-order valence-corrected chi connectivity index (χ1v) is 8.62. The second-order valence-corrected chi connectivity index (χ2v) is 7.93. The molecule has 2 rings (SSSR count). The first kappa shape index (κ1) is 13.5. The van der Waals surface area contributed by atoms with Crippen LogP contribution >= 0.6 is 27.3 Å². The number of thiophene rings is 1. The molecule has 4 nitrogen and oxygen atoms in total. The highest BCUT2D eigenvalue weighted by molar-refractivity contribution is 9.10. The molecule has 1 aliphatic rings. The molecule has 0 saturated carbocycles. The van der Waals surface area contributed by atoms with Gasteiger partial charge in [0, 0.05) is 17.1 Å². The first-order valence-electron chi connectivity index (χ1n) is 5.47. The Hall–Kier alpha value is 0.0500. The van der Waals surface area contributed by atoms with Crippen molar-refractivity contribution in [2.75, 3.05) is 13.1 Å². The number of hydrogen-bond donors (Lipinski definition) is 2. The summed E-state index contributed by atoms with van der Waals surface area (Å²) >= 11 is 4.49. The quantitative estimate of drug-likeness (QED) is 0.883. The monoisotopic (exact) mass is 338 g/mol. The van der Waals surface area contributed by atoms with E-state index < -0.39 is 10.0 Å². The van der Waals surface area contributed by atoms with Crippen molar-refractivity contribution in [2.45, 2.75) is 23.6 Å². The zero-order valence-corrected chi connectivity index (χ0v) is 12.7. The van der Waals surface area contributed by atoms with Gasteiger partial charge in [-0.1, -0.05) is 6.92 Å². The topological polar surface area (TPSA) is 58.2 Å². The van der Waals surface area contributed by atoms with Gasteiger partial charge in [-0.2, -0.15) is 0 Å². The number of piperidine rings is 1. The van der Waals surface area contributed by atoms with Gasteiger partial charge in [-0.25, -0.2) is 13.1 Å². The van der Waals surface area contributed by atoms with E-state index in [0.717, 1.165) is 13.0 Å². The Labute approximate surface area is 114 Å². The predicted molar refractivity (Wildman–Crippen MR) is 72.8 cm³/mol. The zero-order chi connectivity index (χ0) is 12.5. The lowest BCUT2D eigenvalue weighted by Crippen LogP contribution is -2.49. The molecular formula is C10H15BrN2O2S2. The molecule has 2 atom stereocenters. The van der Waals surface area contributed by atoms with Gasteiger partial charge in [0.25, 0.3) is 10.0 Å². The minimum Gasteiger partial charge on any atom is -0.315 e. The Bertz CT molecular complexity index is 486. The van der Waals surface area contributed by atoms with Crippen molar-refractivity contribution in [3.05, 3.63) is 15.9 Å². The summed E-state index contributed by atoms with van der Waals surface area (Å²) in [6.45, 7) is 3.74. The van der Waals surface area contributed by atoms with E-state index in [1.165, 1.54) is 11.3 Å². The van der Waals surface area contributed by atoms with E-state index in [1.807, 2.05) is 0 Å². The Morgan fingerprint density at radius 3 is 2.94 bits per heavy atom. The van der Waals surface area contributed by atoms with E-state index in [2.05, 4.69) is 32.9 Å². The molecule has 17 heavy (non-hydrogen) atoms. The molecule has 0 amide bonds. The number of halogens is 1. The summed E-state index contributed by atoms with van der Waals surface area (Å²) in [6, 6.07) is 1.73. The lowest BCUT2D eigenvalue weighted by molar-refractivity contribution is 0.327. The largest absolute Gasteiger partial charge is 0.315 e. The molecule has 0 aromatic carbocycles. The van der Waals surface area contributed by atoms with Crippen LogP contribution in [-0.4, -0.2) is 27.5 Å². The van der Waals surface area contributed by atoms with Gasteiger partial charge in [-0.15, -0.1) is 11.3 Å². The summed E-state index contributed by atoms with van der Waals surface area (Å²) in [7, 11) is -3.40. The van der Waals surface area contributed by atoms with Crippen LogP contribution in [0.15, 0.2) is 20.1 Å². The van der Waals surface area contributed by atoms with Crippen LogP contribution < -0.4 is 10.0 Å². The summed E-state index contributed by atoms with van der Waals surface area (Å²) < 4.78 is 28.1. The van der Waals surface area contributed by atoms with Crippen LogP contribution in [0.4, 0.5) is 0 Å². The summed E-state index contributed by atoms with van der Waals surface area (Å²) in [6.07, 6.45) is 0.999. The maximum Gasteiger partial charge on any atom is 0.251 e. The molecule has 1 aromatic rings. The van der Waals surface area contributed by atoms with Gasteiger partial charge in [0.05, 0.1) is 0 Å². The summed E-state index contributed by atoms with van der Waals surface area (Å²) in [5.41, 5.74) is 0. The van der Waals surface area contributed by atoms with Crippen molar-refractivity contribution in [1.29, 1.82) is 0 Å². The van der Waals surface area contributed by atoms with E-state index >= 15 is 0 Å². The molecule has 1 aliphatic heterocycles. The second kappa shape index (κ2) is 5.36. The van der Waals surface area contributed by atoms with E-state index in [0.29, 0.717) is 21.1 Å². The highest BCUT2D eigenvalue weighted by Crippen LogP contribution is 2.28. The lowest BCUT2D eigenvalue weighted by Gasteiger charge is -2.29. The first-order chi connectivity index (χ1) is 8.00. The van der Waals surface area contributed by atoms with Gasteiger partial charge in [0.1, 0.15) is 4.21 Å². The van der Waals surface area contributed by atoms with Crippen LogP contribution in [0.5, 0.6) is 0 Å². The lowest BCUT2D eigenvalue weighted by atomic mass is 9.96. The van der Waals surface area contributed by atoms with Crippen molar-refractivity contribution in [3.63, 3.8) is 0 Å². The zero-order valence-electron chi connectivity index (χ0n) is 9.44. The van der Waals surface area contributed by atoms with Crippen LogP contribution in [0, 0.1) is 5.92 Å². The third-order valence-electron chi connectivity index (χ3n) is 2.96. The van der Waals surface area contributed by atoms with Crippen molar-refractivity contribution >= 4 is 37.3 Å². The van der Waals surface area contributed by atoms with Gasteiger partial charge < -0.3 is 5.32 Å². The molecule has 0 bridgehead atoms. The van der Waals surface area contributed by atoms with Gasteiger partial charge in [0.15, 0.2) is 0 Å². The molecule has 2 N–H and O–H groups in total. The molecule has 7 heteroatoms. The van der Waals surface area contributed by atoms with Crippen LogP contribution in [0.25, 0.3) is 0 Å². The summed E-state index contributed by atoms with van der Waals surface area (Å²) in [5, 5.41) is 4.98. The van der Waals surface area contributed by atoms with Crippen LogP contribution in [0.1, 0.15) is 13.3 Å². The van der Waals surface area contributed by atoms with Crippen molar-refractivity contribution in [3.8, 4) is 0 Å². The number of nitrogens with one attached hydrogen (secondary N) is 2. The maximum atomic E-state index is 12.2. The maximum absolute atomic E-state index is 12.2. The van der Waals surface area contributed by atoms with E-state index in [-0.39, 0.29) is 6.04 Å². The van der Waals surface area contributed by atoms with Gasteiger partial charge in [-0.3, -0.25) is 0 Å². The highest BCUT2D eigenvalue weighted by Gasteiger charge is 2.28. The molecule has 0 aliphatic carbocycles. The standard InChI is InChI=1S/C10H15BrN2O2S2/c1-7-2-4-12-6-9(7)13-17(14,15)10-8(11)3-5-16-10/h3,5,7,9,12-13H,2,4,6H2,1H3. The molecular weight excluding hydrogens is 324 g/mol. The third-order valence-corrected chi connectivity index (χ3v) is 7.12. The fourth-order valence-corrected chi connectivity index (χ4v) is 5.57. The number of hydrogen-bond acceptors (Lipinski definition) is 4.